The monoisotopic (exact) mass is 429 g/mol. The summed E-state index contributed by atoms with van der Waals surface area (Å²) in [4.78, 5) is 30.7. The number of unbranched alkanes of at least 4 members (excludes halogenated alkanes) is 1. The third-order valence-electron chi connectivity index (χ3n) is 4.03. The van der Waals surface area contributed by atoms with Gasteiger partial charge >= 0.3 is 0 Å². The molecule has 1 fully saturated rings. The van der Waals surface area contributed by atoms with Gasteiger partial charge < -0.3 is 25.9 Å². The first-order valence-electron chi connectivity index (χ1n) is 11.0. The molecular formula is C23H47N3O4. The summed E-state index contributed by atoms with van der Waals surface area (Å²) in [6.07, 6.45) is 10.2. The number of hydrogen-bond donors (Lipinski definition) is 3. The van der Waals surface area contributed by atoms with Gasteiger partial charge in [-0.15, -0.1) is 0 Å². The van der Waals surface area contributed by atoms with Gasteiger partial charge in [0.25, 0.3) is 6.47 Å². The molecular weight excluding hydrogens is 382 g/mol. The molecule has 0 aromatic rings. The van der Waals surface area contributed by atoms with E-state index in [-0.39, 0.29) is 30.4 Å². The maximum Gasteiger partial charge on any atom is 0.293 e. The number of amides is 1. The van der Waals surface area contributed by atoms with Crippen molar-refractivity contribution in [2.75, 3.05) is 20.1 Å². The first-order valence-corrected chi connectivity index (χ1v) is 11.0. The van der Waals surface area contributed by atoms with Crippen molar-refractivity contribution in [2.45, 2.75) is 98.6 Å². The Hall–Kier alpha value is -1.73. The van der Waals surface area contributed by atoms with Crippen LogP contribution in [0.2, 0.25) is 0 Å². The fraction of sp³-hybridized carbons (Fsp3) is 0.783. The SMILES string of the molecule is CC(=O)CCC(C)NC(=O)CN.CC(C)OC=O.CC=C1CCC1.CCCCNC. The molecule has 178 valence electrons. The zero-order valence-electron chi connectivity index (χ0n) is 20.4. The summed E-state index contributed by atoms with van der Waals surface area (Å²) < 4.78 is 4.36. The molecule has 1 aliphatic carbocycles. The van der Waals surface area contributed by atoms with E-state index in [9.17, 15) is 14.4 Å². The van der Waals surface area contributed by atoms with Crippen LogP contribution in [-0.4, -0.2) is 50.4 Å². The molecule has 0 spiro atoms. The quantitative estimate of drug-likeness (QED) is 0.278. The summed E-state index contributed by atoms with van der Waals surface area (Å²) in [7, 11) is 1.98. The molecule has 0 radical (unpaired) electrons. The number of carbonyl (C=O) groups excluding carboxylic acids is 3. The van der Waals surface area contributed by atoms with Gasteiger partial charge in [0.2, 0.25) is 5.91 Å². The van der Waals surface area contributed by atoms with Gasteiger partial charge in [0.05, 0.1) is 12.6 Å². The summed E-state index contributed by atoms with van der Waals surface area (Å²) in [5, 5.41) is 5.74. The third kappa shape index (κ3) is 31.0. The van der Waals surface area contributed by atoms with Crippen molar-refractivity contribution < 1.29 is 19.1 Å². The Morgan fingerprint density at radius 3 is 2.03 bits per heavy atom. The maximum atomic E-state index is 10.7. The normalized spacial score (nSPS) is 12.4. The zero-order chi connectivity index (χ0) is 23.8. The van der Waals surface area contributed by atoms with Crippen molar-refractivity contribution in [1.82, 2.24) is 10.6 Å². The average Bonchev–Trinajstić information content (AvgIpc) is 2.65. The van der Waals surface area contributed by atoms with E-state index in [4.69, 9.17) is 5.73 Å². The fourth-order valence-electron chi connectivity index (χ4n) is 1.96. The van der Waals surface area contributed by atoms with Crippen molar-refractivity contribution in [2.24, 2.45) is 5.73 Å². The number of nitrogens with one attached hydrogen (secondary N) is 2. The lowest BCUT2D eigenvalue weighted by Gasteiger charge is -2.13. The van der Waals surface area contributed by atoms with E-state index in [1.165, 1.54) is 39.0 Å². The molecule has 1 atom stereocenters. The Labute approximate surface area is 184 Å². The smallest absolute Gasteiger partial charge is 0.293 e. The van der Waals surface area contributed by atoms with Crippen LogP contribution in [0.25, 0.3) is 0 Å². The Morgan fingerprint density at radius 1 is 1.23 bits per heavy atom. The van der Waals surface area contributed by atoms with E-state index in [0.29, 0.717) is 19.3 Å². The van der Waals surface area contributed by atoms with Gasteiger partial charge in [0.1, 0.15) is 5.78 Å². The van der Waals surface area contributed by atoms with Gasteiger partial charge in [-0.25, -0.2) is 0 Å². The highest BCUT2D eigenvalue weighted by Crippen LogP contribution is 2.24. The van der Waals surface area contributed by atoms with Crippen molar-refractivity contribution in [3.8, 4) is 0 Å². The Balaban J connectivity index is -0.000000345. The van der Waals surface area contributed by atoms with Gasteiger partial charge in [0, 0.05) is 12.5 Å². The summed E-state index contributed by atoms with van der Waals surface area (Å²) in [5.74, 6) is -0.0325. The molecule has 0 aromatic carbocycles. The largest absolute Gasteiger partial charge is 0.465 e. The van der Waals surface area contributed by atoms with Crippen molar-refractivity contribution in [3.05, 3.63) is 11.6 Å². The molecule has 4 N–H and O–H groups in total. The highest BCUT2D eigenvalue weighted by atomic mass is 16.5. The van der Waals surface area contributed by atoms with Gasteiger partial charge in [-0.1, -0.05) is 25.0 Å². The Kier molecular flexibility index (Phi) is 27.8. The van der Waals surface area contributed by atoms with Crippen LogP contribution in [0.1, 0.15) is 86.5 Å². The first kappa shape index (κ1) is 32.9. The number of ketones is 1. The van der Waals surface area contributed by atoms with Gasteiger partial charge in [-0.3, -0.25) is 9.59 Å². The number of hydrogen-bond acceptors (Lipinski definition) is 6. The third-order valence-corrected chi connectivity index (χ3v) is 4.03. The van der Waals surface area contributed by atoms with E-state index in [0.717, 1.165) is 6.54 Å². The number of rotatable bonds is 10. The molecule has 1 aliphatic rings. The molecule has 1 unspecified atom stereocenters. The number of carbonyl (C=O) groups is 3. The minimum absolute atomic E-state index is 0.00438. The Morgan fingerprint density at radius 2 is 1.83 bits per heavy atom. The molecule has 30 heavy (non-hydrogen) atoms. The lowest BCUT2D eigenvalue weighted by atomic mass is 9.93. The summed E-state index contributed by atoms with van der Waals surface area (Å²) in [5.41, 5.74) is 6.75. The molecule has 1 saturated carbocycles. The zero-order valence-corrected chi connectivity index (χ0v) is 20.4. The van der Waals surface area contributed by atoms with Crippen LogP contribution in [0.3, 0.4) is 0 Å². The number of ether oxygens (including phenoxy) is 1. The lowest BCUT2D eigenvalue weighted by molar-refractivity contribution is -0.132. The van der Waals surface area contributed by atoms with Gasteiger partial charge in [-0.2, -0.15) is 0 Å². The number of nitrogens with two attached hydrogens (primary N) is 1. The maximum absolute atomic E-state index is 10.7. The van der Waals surface area contributed by atoms with Crippen LogP contribution < -0.4 is 16.4 Å². The van der Waals surface area contributed by atoms with Crippen molar-refractivity contribution >= 4 is 18.2 Å². The summed E-state index contributed by atoms with van der Waals surface area (Å²) in [6, 6.07) is 0.0324. The van der Waals surface area contributed by atoms with Crippen LogP contribution >= 0.6 is 0 Å². The molecule has 1 amide bonds. The van der Waals surface area contributed by atoms with E-state index in [2.05, 4.69) is 35.3 Å². The van der Waals surface area contributed by atoms with Crippen LogP contribution in [0.15, 0.2) is 11.6 Å². The standard InChI is InChI=1S/C8H16N2O2.C6H10.C5H13N.C4H8O2/c1-6(3-4-7(2)11)10-8(12)5-9;1-2-6-4-3-5-6;1-3-4-5-6-2;1-4(2)6-3-5/h6H,3-5,9H2,1-2H3,(H,10,12);2H,3-5H2,1H3;6H,3-5H2,1-2H3;3-4H,1-2H3. The minimum atomic E-state index is -0.175. The van der Waals surface area contributed by atoms with Gasteiger partial charge in [-0.05, 0) is 80.3 Å². The second-order valence-electron chi connectivity index (χ2n) is 7.45. The van der Waals surface area contributed by atoms with E-state index >= 15 is 0 Å². The second kappa shape index (κ2) is 25.3. The molecule has 1 rings (SSSR count). The fourth-order valence-corrected chi connectivity index (χ4v) is 1.96. The number of Topliss-reactive ketones (excluding diaryl/α,β-unsaturated/α-hetero) is 1. The van der Waals surface area contributed by atoms with E-state index < -0.39 is 0 Å². The molecule has 0 aliphatic heterocycles. The molecule has 0 heterocycles. The molecule has 7 heteroatoms. The predicted molar refractivity (Wildman–Crippen MR) is 125 cm³/mol. The Bertz CT molecular complexity index is 442. The van der Waals surface area contributed by atoms with Crippen LogP contribution in [0.5, 0.6) is 0 Å². The highest BCUT2D eigenvalue weighted by Gasteiger charge is 2.06. The molecule has 0 aromatic heterocycles. The topological polar surface area (TPSA) is 111 Å². The predicted octanol–water partition coefficient (Wildman–Crippen LogP) is 3.51. The average molecular weight is 430 g/mol. The molecule has 0 bridgehead atoms. The van der Waals surface area contributed by atoms with Gasteiger partial charge in [0.15, 0.2) is 0 Å². The molecule has 7 nitrogen and oxygen atoms in total. The van der Waals surface area contributed by atoms with Crippen molar-refractivity contribution in [3.63, 3.8) is 0 Å². The van der Waals surface area contributed by atoms with Crippen LogP contribution in [0.4, 0.5) is 0 Å². The van der Waals surface area contributed by atoms with E-state index in [1.54, 1.807) is 19.4 Å². The lowest BCUT2D eigenvalue weighted by Crippen LogP contribution is -2.37. The second-order valence-corrected chi connectivity index (χ2v) is 7.45. The highest BCUT2D eigenvalue weighted by molar-refractivity contribution is 5.78. The summed E-state index contributed by atoms with van der Waals surface area (Å²) in [6.45, 7) is 12.9. The summed E-state index contributed by atoms with van der Waals surface area (Å²) >= 11 is 0. The van der Waals surface area contributed by atoms with Crippen LogP contribution in [-0.2, 0) is 19.1 Å². The first-order chi connectivity index (χ1) is 14.2. The minimum Gasteiger partial charge on any atom is -0.465 e. The van der Waals surface area contributed by atoms with Crippen LogP contribution in [0, 0.1) is 0 Å². The van der Waals surface area contributed by atoms with Crippen molar-refractivity contribution in [1.29, 1.82) is 0 Å². The molecule has 0 saturated heterocycles. The van der Waals surface area contributed by atoms with E-state index in [1.807, 2.05) is 14.0 Å². The number of allylic oxidation sites excluding steroid dienone is 2.